The molecule has 1 aliphatic rings. The summed E-state index contributed by atoms with van der Waals surface area (Å²) in [5.74, 6) is -1.02. The molecule has 0 aliphatic carbocycles. The molecule has 0 saturated carbocycles. The van der Waals surface area contributed by atoms with E-state index in [0.717, 1.165) is 16.7 Å². The molecule has 0 saturated heterocycles. The van der Waals surface area contributed by atoms with Crippen LogP contribution >= 0.6 is 0 Å². The lowest BCUT2D eigenvalue weighted by Gasteiger charge is -2.27. The molecule has 9 nitrogen and oxygen atoms in total. The number of hydrazine groups is 2. The van der Waals surface area contributed by atoms with Gasteiger partial charge in [0.05, 0.1) is 5.69 Å². The summed E-state index contributed by atoms with van der Waals surface area (Å²) in [4.78, 5) is 40.8. The maximum Gasteiger partial charge on any atom is 0.306 e. The van der Waals surface area contributed by atoms with Crippen LogP contribution in [-0.4, -0.2) is 36.2 Å². The minimum atomic E-state index is -0.840. The number of ether oxygens (including phenoxy) is 1. The van der Waals surface area contributed by atoms with E-state index >= 15 is 0 Å². The van der Waals surface area contributed by atoms with Gasteiger partial charge in [-0.05, 0) is 57.0 Å². The molecule has 9 heteroatoms. The number of nitrogens with zero attached hydrogens (tertiary/aromatic N) is 2. The fourth-order valence-electron chi connectivity index (χ4n) is 2.82. The Kier molecular flexibility index (Phi) is 6.54. The fourth-order valence-corrected chi connectivity index (χ4v) is 2.82. The van der Waals surface area contributed by atoms with Gasteiger partial charge in [-0.3, -0.25) is 35.7 Å². The van der Waals surface area contributed by atoms with Crippen molar-refractivity contribution in [2.45, 2.75) is 33.8 Å². The van der Waals surface area contributed by atoms with Crippen LogP contribution in [0.3, 0.4) is 0 Å². The zero-order chi connectivity index (χ0) is 22.5. The van der Waals surface area contributed by atoms with E-state index in [9.17, 15) is 14.4 Å². The third-order valence-corrected chi connectivity index (χ3v) is 4.87. The molecule has 0 radical (unpaired) electrons. The van der Waals surface area contributed by atoms with Gasteiger partial charge < -0.3 is 4.74 Å². The lowest BCUT2D eigenvalue weighted by Crippen LogP contribution is -2.58. The second-order valence-corrected chi connectivity index (χ2v) is 7.24. The minimum Gasteiger partial charge on any atom is -0.481 e. The van der Waals surface area contributed by atoms with Crippen LogP contribution in [0, 0.1) is 20.8 Å². The van der Waals surface area contributed by atoms with Crippen LogP contribution in [0.25, 0.3) is 0 Å². The fraction of sp³-hybridized carbons (Fsp3) is 0.273. The van der Waals surface area contributed by atoms with Crippen LogP contribution < -0.4 is 26.0 Å². The molecule has 1 atom stereocenters. The SMILES string of the molecule is Cc1ccc(N2NC(C(=O)NNC(=O)C(C)Oc3cccc(C)c3C)=NCC2=O)cc1. The number of carbonyl (C=O) groups excluding carboxylic acids is 3. The minimum absolute atomic E-state index is 0.0939. The van der Waals surface area contributed by atoms with Gasteiger partial charge in [0.15, 0.2) is 6.10 Å². The zero-order valence-electron chi connectivity index (χ0n) is 17.9. The molecule has 1 heterocycles. The van der Waals surface area contributed by atoms with E-state index < -0.39 is 17.9 Å². The van der Waals surface area contributed by atoms with Crippen molar-refractivity contribution in [1.82, 2.24) is 16.3 Å². The molecule has 31 heavy (non-hydrogen) atoms. The molecule has 1 aliphatic heterocycles. The van der Waals surface area contributed by atoms with E-state index in [0.29, 0.717) is 11.4 Å². The average Bonchev–Trinajstić information content (AvgIpc) is 2.76. The number of amides is 3. The van der Waals surface area contributed by atoms with E-state index in [4.69, 9.17) is 4.74 Å². The van der Waals surface area contributed by atoms with Crippen LogP contribution in [0.2, 0.25) is 0 Å². The smallest absolute Gasteiger partial charge is 0.306 e. The number of amidine groups is 1. The summed E-state index contributed by atoms with van der Waals surface area (Å²) in [6.45, 7) is 7.19. The maximum atomic E-state index is 12.4. The number of hydrogen-bond donors (Lipinski definition) is 3. The third-order valence-electron chi connectivity index (χ3n) is 4.87. The molecule has 0 aromatic heterocycles. The Bertz CT molecular complexity index is 1030. The number of aryl methyl sites for hydroxylation is 2. The normalized spacial score (nSPS) is 14.3. The lowest BCUT2D eigenvalue weighted by atomic mass is 10.1. The van der Waals surface area contributed by atoms with Crippen molar-refractivity contribution >= 4 is 29.2 Å². The summed E-state index contributed by atoms with van der Waals surface area (Å²) in [6.07, 6.45) is -0.840. The first-order chi connectivity index (χ1) is 14.8. The summed E-state index contributed by atoms with van der Waals surface area (Å²) in [5, 5.41) is 1.25. The molecular formula is C22H25N5O4. The van der Waals surface area contributed by atoms with Gasteiger partial charge in [0.25, 0.3) is 11.8 Å². The van der Waals surface area contributed by atoms with Crippen LogP contribution in [0.5, 0.6) is 5.75 Å². The van der Waals surface area contributed by atoms with Gasteiger partial charge in [-0.2, -0.15) is 0 Å². The highest BCUT2D eigenvalue weighted by atomic mass is 16.5. The van der Waals surface area contributed by atoms with Crippen molar-refractivity contribution in [3.63, 3.8) is 0 Å². The summed E-state index contributed by atoms with van der Waals surface area (Å²) in [7, 11) is 0. The van der Waals surface area contributed by atoms with Crippen LogP contribution in [0.1, 0.15) is 23.6 Å². The number of hydrogen-bond acceptors (Lipinski definition) is 6. The summed E-state index contributed by atoms with van der Waals surface area (Å²) < 4.78 is 5.70. The predicted octanol–water partition coefficient (Wildman–Crippen LogP) is 1.48. The van der Waals surface area contributed by atoms with Gasteiger partial charge in [-0.15, -0.1) is 0 Å². The van der Waals surface area contributed by atoms with E-state index in [1.807, 2.05) is 45.0 Å². The topological polar surface area (TPSA) is 112 Å². The quantitative estimate of drug-likeness (QED) is 0.631. The first-order valence-corrected chi connectivity index (χ1v) is 9.80. The van der Waals surface area contributed by atoms with Crippen molar-refractivity contribution in [2.75, 3.05) is 11.6 Å². The highest BCUT2D eigenvalue weighted by molar-refractivity contribution is 6.39. The molecule has 3 amide bonds. The van der Waals surface area contributed by atoms with Crippen molar-refractivity contribution in [3.05, 3.63) is 59.2 Å². The van der Waals surface area contributed by atoms with Gasteiger partial charge in [0.1, 0.15) is 12.3 Å². The summed E-state index contributed by atoms with van der Waals surface area (Å²) >= 11 is 0. The second kappa shape index (κ2) is 9.29. The Morgan fingerprint density at radius 2 is 1.81 bits per heavy atom. The maximum absolute atomic E-state index is 12.4. The van der Waals surface area contributed by atoms with Crippen LogP contribution in [-0.2, 0) is 14.4 Å². The Labute approximate surface area is 180 Å². The van der Waals surface area contributed by atoms with E-state index in [-0.39, 0.29) is 18.3 Å². The lowest BCUT2D eigenvalue weighted by molar-refractivity contribution is -0.131. The molecule has 0 spiro atoms. The molecule has 3 N–H and O–H groups in total. The van der Waals surface area contributed by atoms with Crippen LogP contribution in [0.15, 0.2) is 47.5 Å². The van der Waals surface area contributed by atoms with Crippen molar-refractivity contribution < 1.29 is 19.1 Å². The van der Waals surface area contributed by atoms with Crippen molar-refractivity contribution in [1.29, 1.82) is 0 Å². The number of nitrogens with one attached hydrogen (secondary N) is 3. The molecule has 3 rings (SSSR count). The molecular weight excluding hydrogens is 398 g/mol. The van der Waals surface area contributed by atoms with Gasteiger partial charge in [-0.25, -0.2) is 5.01 Å². The number of benzene rings is 2. The third kappa shape index (κ3) is 5.19. The Balaban J connectivity index is 1.57. The highest BCUT2D eigenvalue weighted by Crippen LogP contribution is 2.21. The Hall–Kier alpha value is -3.88. The standard InChI is InChI=1S/C22H25N5O4/c1-13-8-10-17(11-9-13)27-19(28)12-23-20(26-27)22(30)25-24-21(29)16(4)31-18-7-5-6-14(2)15(18)3/h5-11,16H,12H2,1-4H3,(H,23,26)(H,24,29)(H,25,30). The van der Waals surface area contributed by atoms with E-state index in [1.165, 1.54) is 5.01 Å². The number of carbonyl (C=O) groups is 3. The highest BCUT2D eigenvalue weighted by Gasteiger charge is 2.26. The molecule has 0 fully saturated rings. The molecule has 1 unspecified atom stereocenters. The zero-order valence-corrected chi connectivity index (χ0v) is 17.9. The van der Waals surface area contributed by atoms with Gasteiger partial charge in [-0.1, -0.05) is 29.8 Å². The second-order valence-electron chi connectivity index (χ2n) is 7.24. The van der Waals surface area contributed by atoms with E-state index in [1.54, 1.807) is 25.1 Å². The van der Waals surface area contributed by atoms with E-state index in [2.05, 4.69) is 21.3 Å². The molecule has 2 aromatic rings. The summed E-state index contributed by atoms with van der Waals surface area (Å²) in [6, 6.07) is 12.8. The molecule has 162 valence electrons. The molecule has 0 bridgehead atoms. The summed E-state index contributed by atoms with van der Waals surface area (Å²) in [5.41, 5.74) is 10.9. The van der Waals surface area contributed by atoms with Gasteiger partial charge in [0, 0.05) is 0 Å². The van der Waals surface area contributed by atoms with Gasteiger partial charge >= 0.3 is 5.91 Å². The number of rotatable bonds is 5. The monoisotopic (exact) mass is 423 g/mol. The largest absolute Gasteiger partial charge is 0.481 e. The Morgan fingerprint density at radius 1 is 1.10 bits per heavy atom. The predicted molar refractivity (Wildman–Crippen MR) is 116 cm³/mol. The number of aliphatic imine (C=N–C) groups is 1. The van der Waals surface area contributed by atoms with Crippen molar-refractivity contribution in [2.24, 2.45) is 4.99 Å². The van der Waals surface area contributed by atoms with Crippen LogP contribution in [0.4, 0.5) is 5.69 Å². The molecule has 2 aromatic carbocycles. The first-order valence-electron chi connectivity index (χ1n) is 9.80. The Morgan fingerprint density at radius 3 is 2.52 bits per heavy atom. The first kappa shape index (κ1) is 21.8. The average molecular weight is 423 g/mol. The van der Waals surface area contributed by atoms with Crippen molar-refractivity contribution in [3.8, 4) is 5.75 Å². The van der Waals surface area contributed by atoms with Gasteiger partial charge in [0.2, 0.25) is 5.84 Å². The number of anilines is 1.